The van der Waals surface area contributed by atoms with Crippen LogP contribution in [0.2, 0.25) is 0 Å². The molecule has 0 unspecified atom stereocenters. The summed E-state index contributed by atoms with van der Waals surface area (Å²) in [6.07, 6.45) is 0.233. The number of amides is 1. The molecule has 1 heterocycles. The van der Waals surface area contributed by atoms with E-state index >= 15 is 0 Å². The molecule has 0 saturated heterocycles. The van der Waals surface area contributed by atoms with Gasteiger partial charge >= 0.3 is 0 Å². The molecule has 0 saturated carbocycles. The van der Waals surface area contributed by atoms with E-state index in [9.17, 15) is 9.90 Å². The maximum atomic E-state index is 12.7. The minimum absolute atomic E-state index is 0.0333. The van der Waals surface area contributed by atoms with E-state index in [1.165, 1.54) is 11.3 Å². The number of aromatic nitrogens is 1. The summed E-state index contributed by atoms with van der Waals surface area (Å²) in [4.78, 5) is 19.0. The lowest BCUT2D eigenvalue weighted by Gasteiger charge is -2.21. The molecule has 26 heavy (non-hydrogen) atoms. The van der Waals surface area contributed by atoms with Gasteiger partial charge in [-0.3, -0.25) is 4.79 Å². The summed E-state index contributed by atoms with van der Waals surface area (Å²) in [7, 11) is 0. The van der Waals surface area contributed by atoms with E-state index in [-0.39, 0.29) is 18.9 Å². The van der Waals surface area contributed by atoms with E-state index in [1.807, 2.05) is 60.0 Å². The van der Waals surface area contributed by atoms with Gasteiger partial charge in [0.25, 0.3) is 0 Å². The summed E-state index contributed by atoms with van der Waals surface area (Å²) in [5, 5.41) is 12.1. The third-order valence-electron chi connectivity index (χ3n) is 3.89. The first-order valence-corrected chi connectivity index (χ1v) is 9.96. The van der Waals surface area contributed by atoms with Crippen molar-refractivity contribution >= 4 is 33.2 Å². The fourth-order valence-corrected chi connectivity index (χ4v) is 3.84. The number of aliphatic hydroxyl groups excluding tert-OH is 1. The minimum Gasteiger partial charge on any atom is -0.395 e. The zero-order valence-corrected chi connectivity index (χ0v) is 16.5. The van der Waals surface area contributed by atoms with Crippen LogP contribution in [0.4, 0.5) is 0 Å². The maximum Gasteiger partial charge on any atom is 0.228 e. The van der Waals surface area contributed by atoms with Gasteiger partial charge in [0.15, 0.2) is 0 Å². The van der Waals surface area contributed by atoms with E-state index < -0.39 is 0 Å². The van der Waals surface area contributed by atoms with Gasteiger partial charge in [0.2, 0.25) is 5.91 Å². The number of carbonyl (C=O) groups is 1. The van der Waals surface area contributed by atoms with Gasteiger partial charge in [-0.1, -0.05) is 58.4 Å². The lowest BCUT2D eigenvalue weighted by Crippen LogP contribution is -2.34. The van der Waals surface area contributed by atoms with Crippen LogP contribution in [0.1, 0.15) is 11.3 Å². The van der Waals surface area contributed by atoms with Crippen LogP contribution in [-0.4, -0.2) is 34.0 Å². The van der Waals surface area contributed by atoms with Gasteiger partial charge in [0, 0.05) is 28.5 Å². The summed E-state index contributed by atoms with van der Waals surface area (Å²) in [6, 6.07) is 17.7. The van der Waals surface area contributed by atoms with Crippen LogP contribution in [-0.2, 0) is 17.8 Å². The Morgan fingerprint density at radius 1 is 1.15 bits per heavy atom. The number of hydrogen-bond donors (Lipinski definition) is 1. The van der Waals surface area contributed by atoms with Crippen molar-refractivity contribution in [2.45, 2.75) is 13.0 Å². The molecule has 3 aromatic rings. The SMILES string of the molecule is O=C(Cc1csc(-c2cccc(Br)c2)n1)N(CCO)Cc1ccccc1. The van der Waals surface area contributed by atoms with Crippen molar-refractivity contribution in [1.29, 1.82) is 0 Å². The van der Waals surface area contributed by atoms with Gasteiger partial charge in [0.05, 0.1) is 18.7 Å². The van der Waals surface area contributed by atoms with Crippen LogP contribution in [0, 0.1) is 0 Å². The molecule has 6 heteroatoms. The normalized spacial score (nSPS) is 10.7. The van der Waals surface area contributed by atoms with Crippen molar-refractivity contribution in [3.05, 3.63) is 75.7 Å². The molecule has 2 aromatic carbocycles. The summed E-state index contributed by atoms with van der Waals surface area (Å²) in [5.74, 6) is -0.0333. The third kappa shape index (κ3) is 5.00. The molecule has 0 atom stereocenters. The molecule has 1 N–H and O–H groups in total. The largest absolute Gasteiger partial charge is 0.395 e. The second-order valence-electron chi connectivity index (χ2n) is 5.86. The predicted octanol–water partition coefficient (Wildman–Crippen LogP) is 4.14. The van der Waals surface area contributed by atoms with Crippen LogP contribution >= 0.6 is 27.3 Å². The molecule has 134 valence electrons. The molecular formula is C20H19BrN2O2S. The number of nitrogens with zero attached hydrogens (tertiary/aromatic N) is 2. The first-order chi connectivity index (χ1) is 12.7. The standard InChI is InChI=1S/C20H19BrN2O2S/c21-17-8-4-7-16(11-17)20-22-18(14-26-20)12-19(25)23(9-10-24)13-15-5-2-1-3-6-15/h1-8,11,14,24H,9-10,12-13H2. The average molecular weight is 431 g/mol. The van der Waals surface area contributed by atoms with Crippen molar-refractivity contribution in [2.75, 3.05) is 13.2 Å². The lowest BCUT2D eigenvalue weighted by molar-refractivity contribution is -0.131. The van der Waals surface area contributed by atoms with Gasteiger partial charge in [-0.15, -0.1) is 11.3 Å². The molecule has 1 amide bonds. The van der Waals surface area contributed by atoms with Gasteiger partial charge in [-0.2, -0.15) is 0 Å². The second kappa shape index (κ2) is 9.07. The van der Waals surface area contributed by atoms with Crippen molar-refractivity contribution < 1.29 is 9.90 Å². The van der Waals surface area contributed by atoms with Crippen molar-refractivity contribution in [3.8, 4) is 10.6 Å². The van der Waals surface area contributed by atoms with Crippen LogP contribution in [0.15, 0.2) is 64.5 Å². The average Bonchev–Trinajstić information content (AvgIpc) is 3.11. The van der Waals surface area contributed by atoms with Crippen LogP contribution in [0.25, 0.3) is 10.6 Å². The second-order valence-corrected chi connectivity index (χ2v) is 7.63. The minimum atomic E-state index is -0.0566. The predicted molar refractivity (Wildman–Crippen MR) is 108 cm³/mol. The van der Waals surface area contributed by atoms with Gasteiger partial charge < -0.3 is 10.0 Å². The van der Waals surface area contributed by atoms with E-state index in [1.54, 1.807) is 4.90 Å². The molecule has 0 aliphatic heterocycles. The van der Waals surface area contributed by atoms with Crippen molar-refractivity contribution in [2.24, 2.45) is 0 Å². The van der Waals surface area contributed by atoms with Crippen LogP contribution < -0.4 is 0 Å². The molecule has 4 nitrogen and oxygen atoms in total. The molecule has 0 aliphatic carbocycles. The quantitative estimate of drug-likeness (QED) is 0.612. The number of carbonyl (C=O) groups excluding carboxylic acids is 1. The Morgan fingerprint density at radius 3 is 2.69 bits per heavy atom. The first kappa shape index (κ1) is 18.8. The Labute approximate surface area is 165 Å². The summed E-state index contributed by atoms with van der Waals surface area (Å²) in [6.45, 7) is 0.748. The third-order valence-corrected chi connectivity index (χ3v) is 5.33. The number of hydrogen-bond acceptors (Lipinski definition) is 4. The Hall–Kier alpha value is -2.02. The molecule has 0 bridgehead atoms. The van der Waals surface area contributed by atoms with E-state index in [4.69, 9.17) is 0 Å². The van der Waals surface area contributed by atoms with Gasteiger partial charge in [-0.25, -0.2) is 4.98 Å². The Balaban J connectivity index is 1.69. The fourth-order valence-electron chi connectivity index (χ4n) is 2.63. The van der Waals surface area contributed by atoms with Crippen molar-refractivity contribution in [3.63, 3.8) is 0 Å². The summed E-state index contributed by atoms with van der Waals surface area (Å²) < 4.78 is 1.000. The number of thiazole rings is 1. The molecule has 0 fully saturated rings. The number of benzene rings is 2. The molecule has 0 radical (unpaired) electrons. The summed E-state index contributed by atoms with van der Waals surface area (Å²) >= 11 is 5.00. The fraction of sp³-hybridized carbons (Fsp3) is 0.200. The Morgan fingerprint density at radius 2 is 1.96 bits per heavy atom. The van der Waals surface area contributed by atoms with E-state index in [0.29, 0.717) is 13.1 Å². The highest BCUT2D eigenvalue weighted by atomic mass is 79.9. The molecular weight excluding hydrogens is 412 g/mol. The zero-order valence-electron chi connectivity index (χ0n) is 14.1. The highest BCUT2D eigenvalue weighted by Crippen LogP contribution is 2.26. The Kier molecular flexibility index (Phi) is 6.55. The zero-order chi connectivity index (χ0) is 18.4. The van der Waals surface area contributed by atoms with Crippen molar-refractivity contribution in [1.82, 2.24) is 9.88 Å². The van der Waals surface area contributed by atoms with E-state index in [2.05, 4.69) is 20.9 Å². The number of aliphatic hydroxyl groups is 1. The maximum absolute atomic E-state index is 12.7. The van der Waals surface area contributed by atoms with Gasteiger partial charge in [0.1, 0.15) is 5.01 Å². The number of rotatable bonds is 7. The molecule has 3 rings (SSSR count). The highest BCUT2D eigenvalue weighted by molar-refractivity contribution is 9.10. The molecule has 0 aliphatic rings. The Bertz CT molecular complexity index is 867. The highest BCUT2D eigenvalue weighted by Gasteiger charge is 2.16. The topological polar surface area (TPSA) is 53.4 Å². The monoisotopic (exact) mass is 430 g/mol. The van der Waals surface area contributed by atoms with E-state index in [0.717, 1.165) is 26.3 Å². The van der Waals surface area contributed by atoms with Crippen LogP contribution in [0.3, 0.4) is 0 Å². The summed E-state index contributed by atoms with van der Waals surface area (Å²) in [5.41, 5.74) is 2.83. The van der Waals surface area contributed by atoms with Crippen LogP contribution in [0.5, 0.6) is 0 Å². The number of halogens is 1. The lowest BCUT2D eigenvalue weighted by atomic mass is 10.2. The molecule has 1 aromatic heterocycles. The van der Waals surface area contributed by atoms with Gasteiger partial charge in [-0.05, 0) is 17.7 Å². The first-order valence-electron chi connectivity index (χ1n) is 8.28. The smallest absolute Gasteiger partial charge is 0.228 e. The molecule has 0 spiro atoms.